The molecule has 1 unspecified atom stereocenters. The van der Waals surface area contributed by atoms with E-state index in [1.165, 1.54) is 15.7 Å². The van der Waals surface area contributed by atoms with Crippen molar-refractivity contribution in [3.05, 3.63) is 72.3 Å². The molecule has 25 heavy (non-hydrogen) atoms. The lowest BCUT2D eigenvalue weighted by atomic mass is 10.0. The van der Waals surface area contributed by atoms with Gasteiger partial charge in [0.2, 0.25) is 0 Å². The predicted molar refractivity (Wildman–Crippen MR) is 104 cm³/mol. The second-order valence-corrected chi connectivity index (χ2v) is 6.74. The van der Waals surface area contributed by atoms with Crippen LogP contribution in [0.1, 0.15) is 18.5 Å². The highest BCUT2D eigenvalue weighted by Crippen LogP contribution is 2.21. The molecule has 0 saturated heterocycles. The number of rotatable bonds is 6. The standard InChI is InChI=1S/C21H21NO2S/c1-15(17-8-7-16-5-3-4-6-18(16)13-17)22-21(23)14-24-19-9-11-20(25-2)12-10-19/h3-13,15H,14H2,1-2H3,(H,22,23). The van der Waals surface area contributed by atoms with Crippen LogP contribution in [0.5, 0.6) is 5.75 Å². The normalized spacial score (nSPS) is 11.9. The van der Waals surface area contributed by atoms with Gasteiger partial charge in [0.15, 0.2) is 6.61 Å². The van der Waals surface area contributed by atoms with Crippen LogP contribution in [-0.2, 0) is 4.79 Å². The monoisotopic (exact) mass is 351 g/mol. The average Bonchev–Trinajstić information content (AvgIpc) is 2.66. The SMILES string of the molecule is CSc1ccc(OCC(=O)NC(C)c2ccc3ccccc3c2)cc1. The summed E-state index contributed by atoms with van der Waals surface area (Å²) in [5, 5.41) is 5.35. The molecule has 0 aliphatic rings. The average molecular weight is 351 g/mol. The van der Waals surface area contributed by atoms with Crippen molar-refractivity contribution >= 4 is 28.4 Å². The Labute approximate surface area is 152 Å². The smallest absolute Gasteiger partial charge is 0.258 e. The largest absolute Gasteiger partial charge is 0.484 e. The Hall–Kier alpha value is -2.46. The molecular formula is C21H21NO2S. The molecule has 0 heterocycles. The molecule has 4 heteroatoms. The molecule has 0 radical (unpaired) electrons. The highest BCUT2D eigenvalue weighted by molar-refractivity contribution is 7.98. The summed E-state index contributed by atoms with van der Waals surface area (Å²) in [5.74, 6) is 0.570. The van der Waals surface area contributed by atoms with Gasteiger partial charge in [-0.2, -0.15) is 0 Å². The van der Waals surface area contributed by atoms with Crippen molar-refractivity contribution in [3.8, 4) is 5.75 Å². The number of hydrogen-bond donors (Lipinski definition) is 1. The van der Waals surface area contributed by atoms with Crippen molar-refractivity contribution < 1.29 is 9.53 Å². The minimum Gasteiger partial charge on any atom is -0.484 e. The molecule has 128 valence electrons. The number of amides is 1. The van der Waals surface area contributed by atoms with Crippen LogP contribution >= 0.6 is 11.8 Å². The summed E-state index contributed by atoms with van der Waals surface area (Å²) >= 11 is 1.67. The first-order chi connectivity index (χ1) is 12.2. The number of carbonyl (C=O) groups excluding carboxylic acids is 1. The van der Waals surface area contributed by atoms with Gasteiger partial charge < -0.3 is 10.1 Å². The zero-order chi connectivity index (χ0) is 17.6. The van der Waals surface area contributed by atoms with Crippen LogP contribution in [0.2, 0.25) is 0 Å². The molecule has 3 aromatic rings. The Balaban J connectivity index is 1.57. The minimum absolute atomic E-state index is 0.0105. The molecule has 0 spiro atoms. The Morgan fingerprint density at radius 1 is 1.04 bits per heavy atom. The van der Waals surface area contributed by atoms with E-state index in [9.17, 15) is 4.79 Å². The number of nitrogens with one attached hydrogen (secondary N) is 1. The molecule has 0 aliphatic carbocycles. The van der Waals surface area contributed by atoms with Crippen molar-refractivity contribution in [2.45, 2.75) is 17.9 Å². The van der Waals surface area contributed by atoms with E-state index in [1.54, 1.807) is 11.8 Å². The summed E-state index contributed by atoms with van der Waals surface area (Å²) in [6.45, 7) is 1.99. The van der Waals surface area contributed by atoms with Crippen LogP contribution < -0.4 is 10.1 Å². The van der Waals surface area contributed by atoms with Crippen molar-refractivity contribution in [3.63, 3.8) is 0 Å². The summed E-state index contributed by atoms with van der Waals surface area (Å²) in [6, 6.07) is 22.1. The quantitative estimate of drug-likeness (QED) is 0.647. The van der Waals surface area contributed by atoms with Crippen molar-refractivity contribution in [1.29, 1.82) is 0 Å². The zero-order valence-electron chi connectivity index (χ0n) is 14.4. The van der Waals surface area contributed by atoms with E-state index in [0.29, 0.717) is 5.75 Å². The molecule has 1 atom stereocenters. The van der Waals surface area contributed by atoms with E-state index in [1.807, 2.05) is 49.6 Å². The maximum absolute atomic E-state index is 12.1. The first-order valence-electron chi connectivity index (χ1n) is 8.20. The molecule has 0 aliphatic heterocycles. The number of thioether (sulfide) groups is 1. The van der Waals surface area contributed by atoms with Crippen molar-refractivity contribution in [2.75, 3.05) is 12.9 Å². The van der Waals surface area contributed by atoms with Gasteiger partial charge in [-0.3, -0.25) is 4.79 Å². The molecule has 3 rings (SSSR count). The Kier molecular flexibility index (Phi) is 5.61. The van der Waals surface area contributed by atoms with Gasteiger partial charge >= 0.3 is 0 Å². The van der Waals surface area contributed by atoms with Gasteiger partial charge in [-0.05, 0) is 59.8 Å². The van der Waals surface area contributed by atoms with Gasteiger partial charge in [0.25, 0.3) is 5.91 Å². The summed E-state index contributed by atoms with van der Waals surface area (Å²) in [4.78, 5) is 13.3. The molecule has 0 aromatic heterocycles. The predicted octanol–water partition coefficient (Wildman–Crippen LogP) is 4.82. The summed E-state index contributed by atoms with van der Waals surface area (Å²) < 4.78 is 5.55. The van der Waals surface area contributed by atoms with E-state index < -0.39 is 0 Å². The molecule has 1 N–H and O–H groups in total. The van der Waals surface area contributed by atoms with Crippen LogP contribution in [0.4, 0.5) is 0 Å². The van der Waals surface area contributed by atoms with E-state index in [0.717, 1.165) is 5.56 Å². The molecule has 3 nitrogen and oxygen atoms in total. The molecule has 3 aromatic carbocycles. The van der Waals surface area contributed by atoms with E-state index in [4.69, 9.17) is 4.74 Å². The van der Waals surface area contributed by atoms with Gasteiger partial charge in [-0.1, -0.05) is 36.4 Å². The third-order valence-electron chi connectivity index (χ3n) is 4.08. The number of carbonyl (C=O) groups is 1. The van der Waals surface area contributed by atoms with Crippen LogP contribution in [0.25, 0.3) is 10.8 Å². The van der Waals surface area contributed by atoms with Gasteiger partial charge in [0.1, 0.15) is 5.75 Å². The second-order valence-electron chi connectivity index (χ2n) is 5.86. The van der Waals surface area contributed by atoms with Crippen LogP contribution in [-0.4, -0.2) is 18.8 Å². The first kappa shape index (κ1) is 17.4. The fourth-order valence-electron chi connectivity index (χ4n) is 2.66. The Morgan fingerprint density at radius 3 is 2.48 bits per heavy atom. The topological polar surface area (TPSA) is 38.3 Å². The summed E-state index contributed by atoms with van der Waals surface area (Å²) in [6.07, 6.45) is 2.03. The third-order valence-corrected chi connectivity index (χ3v) is 4.82. The summed E-state index contributed by atoms with van der Waals surface area (Å²) in [5.41, 5.74) is 1.08. The van der Waals surface area contributed by atoms with Gasteiger partial charge in [-0.15, -0.1) is 11.8 Å². The number of hydrogen-bond acceptors (Lipinski definition) is 3. The second kappa shape index (κ2) is 8.08. The lowest BCUT2D eigenvalue weighted by molar-refractivity contribution is -0.123. The van der Waals surface area contributed by atoms with E-state index in [-0.39, 0.29) is 18.6 Å². The van der Waals surface area contributed by atoms with Crippen LogP contribution in [0.3, 0.4) is 0 Å². The van der Waals surface area contributed by atoms with Gasteiger partial charge in [0, 0.05) is 4.90 Å². The maximum Gasteiger partial charge on any atom is 0.258 e. The molecule has 0 saturated carbocycles. The highest BCUT2D eigenvalue weighted by atomic mass is 32.2. The van der Waals surface area contributed by atoms with Gasteiger partial charge in [-0.25, -0.2) is 0 Å². The Morgan fingerprint density at radius 2 is 1.76 bits per heavy atom. The van der Waals surface area contributed by atoms with Crippen LogP contribution in [0, 0.1) is 0 Å². The molecule has 0 fully saturated rings. The number of ether oxygens (including phenoxy) is 1. The van der Waals surface area contributed by atoms with Crippen molar-refractivity contribution in [1.82, 2.24) is 5.32 Å². The Bertz CT molecular complexity index is 861. The summed E-state index contributed by atoms with van der Waals surface area (Å²) in [7, 11) is 0. The first-order valence-corrected chi connectivity index (χ1v) is 9.43. The zero-order valence-corrected chi connectivity index (χ0v) is 15.2. The maximum atomic E-state index is 12.1. The molecule has 0 bridgehead atoms. The number of fused-ring (bicyclic) bond motifs is 1. The van der Waals surface area contributed by atoms with E-state index >= 15 is 0 Å². The minimum atomic E-state index is -0.130. The molecular weight excluding hydrogens is 330 g/mol. The highest BCUT2D eigenvalue weighted by Gasteiger charge is 2.10. The lowest BCUT2D eigenvalue weighted by Gasteiger charge is -2.15. The van der Waals surface area contributed by atoms with Crippen LogP contribution in [0.15, 0.2) is 71.6 Å². The fraction of sp³-hybridized carbons (Fsp3) is 0.190. The van der Waals surface area contributed by atoms with Crippen molar-refractivity contribution in [2.24, 2.45) is 0 Å². The van der Waals surface area contributed by atoms with Gasteiger partial charge in [0.05, 0.1) is 6.04 Å². The van der Waals surface area contributed by atoms with E-state index in [2.05, 4.69) is 35.6 Å². The fourth-order valence-corrected chi connectivity index (χ4v) is 3.07. The third kappa shape index (κ3) is 4.54. The number of benzene rings is 3. The molecule has 1 amide bonds. The lowest BCUT2D eigenvalue weighted by Crippen LogP contribution is -2.31.